The maximum Gasteiger partial charge on any atom is 0.254 e. The van der Waals surface area contributed by atoms with E-state index < -0.39 is 0 Å². The summed E-state index contributed by atoms with van der Waals surface area (Å²) in [7, 11) is 2.99. The van der Waals surface area contributed by atoms with Crippen LogP contribution in [0.15, 0.2) is 23.1 Å². The highest BCUT2D eigenvalue weighted by molar-refractivity contribution is 5.96. The molecular weight excluding hydrogens is 210 g/mol. The molecule has 1 aromatic heterocycles. The number of rotatable bonds is 3. The van der Waals surface area contributed by atoms with Crippen molar-refractivity contribution in [3.8, 4) is 0 Å². The van der Waals surface area contributed by atoms with E-state index in [0.717, 1.165) is 0 Å². The van der Waals surface area contributed by atoms with Crippen molar-refractivity contribution in [2.75, 3.05) is 20.6 Å². The smallest absolute Gasteiger partial charge is 0.254 e. The van der Waals surface area contributed by atoms with Crippen LogP contribution in [0.2, 0.25) is 0 Å². The van der Waals surface area contributed by atoms with Gasteiger partial charge in [0.15, 0.2) is 0 Å². The second-order valence-electron chi connectivity index (χ2n) is 3.28. The third-order valence-corrected chi connectivity index (χ3v) is 2.03. The van der Waals surface area contributed by atoms with Gasteiger partial charge in [-0.1, -0.05) is 0 Å². The summed E-state index contributed by atoms with van der Waals surface area (Å²) in [6.45, 7) is -0.0396. The molecule has 1 rings (SSSR count). The van der Waals surface area contributed by atoms with Crippen molar-refractivity contribution >= 4 is 11.8 Å². The largest absolute Gasteiger partial charge is 0.358 e. The number of hydrogen-bond acceptors (Lipinski definition) is 3. The van der Waals surface area contributed by atoms with Gasteiger partial charge in [-0.25, -0.2) is 0 Å². The third kappa shape index (κ3) is 2.94. The van der Waals surface area contributed by atoms with E-state index in [1.165, 1.54) is 37.3 Å². The molecule has 0 atom stereocenters. The van der Waals surface area contributed by atoms with E-state index in [2.05, 4.69) is 10.3 Å². The predicted octanol–water partition coefficient (Wildman–Crippen LogP) is -0.807. The van der Waals surface area contributed by atoms with Gasteiger partial charge in [-0.15, -0.1) is 0 Å². The summed E-state index contributed by atoms with van der Waals surface area (Å²) >= 11 is 0. The van der Waals surface area contributed by atoms with Crippen LogP contribution in [-0.2, 0) is 4.79 Å². The molecule has 0 spiro atoms. The Morgan fingerprint density at radius 2 is 2.19 bits per heavy atom. The maximum atomic E-state index is 11.7. The zero-order valence-corrected chi connectivity index (χ0v) is 9.11. The molecule has 0 aliphatic rings. The standard InChI is InChI=1S/C10H13N3O3/c1-11-9(15)6-13(2)10(16)7-3-4-12-8(14)5-7/h3-5H,6H2,1-2H3,(H,11,15)(H,12,14). The van der Waals surface area contributed by atoms with E-state index in [0.29, 0.717) is 0 Å². The van der Waals surface area contributed by atoms with Crippen molar-refractivity contribution in [1.82, 2.24) is 15.2 Å². The molecule has 0 fully saturated rings. The zero-order valence-electron chi connectivity index (χ0n) is 9.11. The Bertz CT molecular complexity index is 453. The van der Waals surface area contributed by atoms with Crippen LogP contribution in [-0.4, -0.2) is 42.3 Å². The number of carbonyl (C=O) groups is 2. The normalized spacial score (nSPS) is 9.62. The highest BCUT2D eigenvalue weighted by atomic mass is 16.2. The Morgan fingerprint density at radius 3 is 2.75 bits per heavy atom. The summed E-state index contributed by atoms with van der Waals surface area (Å²) in [5.41, 5.74) is -0.0886. The van der Waals surface area contributed by atoms with Gasteiger partial charge in [0.1, 0.15) is 0 Å². The van der Waals surface area contributed by atoms with Crippen molar-refractivity contribution < 1.29 is 9.59 Å². The van der Waals surface area contributed by atoms with Gasteiger partial charge < -0.3 is 15.2 Å². The van der Waals surface area contributed by atoms with Gasteiger partial charge >= 0.3 is 0 Å². The molecule has 0 aliphatic heterocycles. The molecule has 86 valence electrons. The number of H-pyrrole nitrogens is 1. The van der Waals surface area contributed by atoms with E-state index >= 15 is 0 Å². The van der Waals surface area contributed by atoms with Gasteiger partial charge in [0, 0.05) is 31.9 Å². The van der Waals surface area contributed by atoms with Crippen LogP contribution >= 0.6 is 0 Å². The van der Waals surface area contributed by atoms with Crippen molar-refractivity contribution in [2.45, 2.75) is 0 Å². The van der Waals surface area contributed by atoms with Crippen LogP contribution in [0.1, 0.15) is 10.4 Å². The number of pyridine rings is 1. The highest BCUT2D eigenvalue weighted by Crippen LogP contribution is 1.98. The quantitative estimate of drug-likeness (QED) is 0.703. The van der Waals surface area contributed by atoms with Gasteiger partial charge in [-0.3, -0.25) is 14.4 Å². The molecule has 6 heteroatoms. The fourth-order valence-corrected chi connectivity index (χ4v) is 1.16. The number of aromatic amines is 1. The minimum absolute atomic E-state index is 0.0396. The molecule has 0 bridgehead atoms. The number of likely N-dealkylation sites (N-methyl/N-ethyl adjacent to an activating group) is 2. The SMILES string of the molecule is CNC(=O)CN(C)C(=O)c1cc[nH]c(=O)c1. The summed E-state index contributed by atoms with van der Waals surface area (Å²) in [5.74, 6) is -0.629. The van der Waals surface area contributed by atoms with Crippen molar-refractivity contribution in [3.63, 3.8) is 0 Å². The van der Waals surface area contributed by atoms with E-state index in [9.17, 15) is 14.4 Å². The van der Waals surface area contributed by atoms with Crippen molar-refractivity contribution in [2.24, 2.45) is 0 Å². The molecule has 16 heavy (non-hydrogen) atoms. The number of nitrogens with zero attached hydrogens (tertiary/aromatic N) is 1. The average molecular weight is 223 g/mol. The Kier molecular flexibility index (Phi) is 3.82. The summed E-state index contributed by atoms with van der Waals surface area (Å²) in [6.07, 6.45) is 1.39. The molecule has 0 saturated carbocycles. The molecule has 0 radical (unpaired) electrons. The number of hydrogen-bond donors (Lipinski definition) is 2. The highest BCUT2D eigenvalue weighted by Gasteiger charge is 2.14. The van der Waals surface area contributed by atoms with Gasteiger partial charge in [0.05, 0.1) is 6.54 Å². The predicted molar refractivity (Wildman–Crippen MR) is 58.1 cm³/mol. The lowest BCUT2D eigenvalue weighted by Crippen LogP contribution is -2.37. The van der Waals surface area contributed by atoms with Gasteiger partial charge in [-0.2, -0.15) is 0 Å². The fourth-order valence-electron chi connectivity index (χ4n) is 1.16. The van der Waals surface area contributed by atoms with E-state index in [1.54, 1.807) is 0 Å². The molecule has 0 aromatic carbocycles. The second-order valence-corrected chi connectivity index (χ2v) is 3.28. The second kappa shape index (κ2) is 5.11. The first-order chi connectivity index (χ1) is 7.54. The summed E-state index contributed by atoms with van der Waals surface area (Å²) in [6, 6.07) is 2.69. The van der Waals surface area contributed by atoms with Crippen LogP contribution < -0.4 is 10.9 Å². The molecule has 1 heterocycles. The first-order valence-electron chi connectivity index (χ1n) is 4.69. The number of aromatic nitrogens is 1. The molecule has 1 aromatic rings. The maximum absolute atomic E-state index is 11.7. The molecule has 2 amide bonds. The van der Waals surface area contributed by atoms with E-state index in [4.69, 9.17) is 0 Å². The number of amides is 2. The molecule has 6 nitrogen and oxygen atoms in total. The fraction of sp³-hybridized carbons (Fsp3) is 0.300. The summed E-state index contributed by atoms with van der Waals surface area (Å²) in [5, 5.41) is 2.41. The van der Waals surface area contributed by atoms with Crippen LogP contribution in [0.5, 0.6) is 0 Å². The number of carbonyl (C=O) groups excluding carboxylic acids is 2. The van der Waals surface area contributed by atoms with Gasteiger partial charge in [0.2, 0.25) is 11.5 Å². The summed E-state index contributed by atoms with van der Waals surface area (Å²) < 4.78 is 0. The van der Waals surface area contributed by atoms with Crippen molar-refractivity contribution in [3.05, 3.63) is 34.2 Å². The molecule has 0 saturated heterocycles. The molecule has 2 N–H and O–H groups in total. The minimum atomic E-state index is -0.366. The van der Waals surface area contributed by atoms with E-state index in [1.807, 2.05) is 0 Å². The van der Waals surface area contributed by atoms with Crippen molar-refractivity contribution in [1.29, 1.82) is 0 Å². The third-order valence-electron chi connectivity index (χ3n) is 2.03. The Balaban J connectivity index is 2.78. The number of nitrogens with one attached hydrogen (secondary N) is 2. The molecular formula is C10H13N3O3. The lowest BCUT2D eigenvalue weighted by Gasteiger charge is -2.15. The summed E-state index contributed by atoms with van der Waals surface area (Å²) in [4.78, 5) is 37.4. The topological polar surface area (TPSA) is 82.3 Å². The Labute approximate surface area is 92.3 Å². The van der Waals surface area contributed by atoms with Gasteiger partial charge in [-0.05, 0) is 6.07 Å². The van der Waals surface area contributed by atoms with Crippen LogP contribution in [0.4, 0.5) is 0 Å². The molecule has 0 unspecified atom stereocenters. The average Bonchev–Trinajstić information content (AvgIpc) is 2.27. The van der Waals surface area contributed by atoms with E-state index in [-0.39, 0.29) is 29.5 Å². The zero-order chi connectivity index (χ0) is 12.1. The minimum Gasteiger partial charge on any atom is -0.358 e. The first kappa shape index (κ1) is 12.0. The lowest BCUT2D eigenvalue weighted by molar-refractivity contribution is -0.121. The van der Waals surface area contributed by atoms with Crippen LogP contribution in [0.25, 0.3) is 0 Å². The Morgan fingerprint density at radius 1 is 1.50 bits per heavy atom. The lowest BCUT2D eigenvalue weighted by atomic mass is 10.2. The first-order valence-corrected chi connectivity index (χ1v) is 4.69. The monoisotopic (exact) mass is 223 g/mol. The van der Waals surface area contributed by atoms with Gasteiger partial charge in [0.25, 0.3) is 5.91 Å². The van der Waals surface area contributed by atoms with Crippen LogP contribution in [0.3, 0.4) is 0 Å². The Hall–Kier alpha value is -2.11. The van der Waals surface area contributed by atoms with Crippen LogP contribution in [0, 0.1) is 0 Å². The molecule has 0 aliphatic carbocycles.